The summed E-state index contributed by atoms with van der Waals surface area (Å²) in [6.45, 7) is 2.09. The summed E-state index contributed by atoms with van der Waals surface area (Å²) in [6, 6.07) is 14.6. The monoisotopic (exact) mass is 308 g/mol. The van der Waals surface area contributed by atoms with Crippen molar-refractivity contribution < 1.29 is 4.74 Å². The number of hydrogen-bond donors (Lipinski definition) is 1. The van der Waals surface area contributed by atoms with E-state index in [0.29, 0.717) is 0 Å². The van der Waals surface area contributed by atoms with E-state index in [1.165, 1.54) is 21.6 Å². The van der Waals surface area contributed by atoms with Crippen molar-refractivity contribution in [3.63, 3.8) is 0 Å². The van der Waals surface area contributed by atoms with Gasteiger partial charge >= 0.3 is 0 Å². The number of ether oxygens (including phenoxy) is 1. The van der Waals surface area contributed by atoms with Crippen molar-refractivity contribution in [1.29, 1.82) is 0 Å². The highest BCUT2D eigenvalue weighted by atomic mass is 32.1. The molecule has 4 rings (SSSR count). The fourth-order valence-electron chi connectivity index (χ4n) is 2.74. The van der Waals surface area contributed by atoms with Gasteiger partial charge in [-0.15, -0.1) is 11.3 Å². The third-order valence-corrected chi connectivity index (χ3v) is 4.89. The van der Waals surface area contributed by atoms with Gasteiger partial charge in [-0.2, -0.15) is 0 Å². The van der Waals surface area contributed by atoms with Crippen molar-refractivity contribution in [2.45, 2.75) is 13.3 Å². The number of rotatable bonds is 3. The summed E-state index contributed by atoms with van der Waals surface area (Å²) < 4.78 is 5.30. The Balaban J connectivity index is 1.63. The quantitative estimate of drug-likeness (QED) is 0.591. The van der Waals surface area contributed by atoms with Crippen molar-refractivity contribution in [3.05, 3.63) is 58.5 Å². The van der Waals surface area contributed by atoms with Crippen molar-refractivity contribution >= 4 is 22.2 Å². The Morgan fingerprint density at radius 2 is 1.95 bits per heavy atom. The molecule has 1 heterocycles. The van der Waals surface area contributed by atoms with E-state index in [1.807, 2.05) is 6.07 Å². The highest BCUT2D eigenvalue weighted by Gasteiger charge is 2.23. The van der Waals surface area contributed by atoms with Crippen molar-refractivity contribution in [3.8, 4) is 17.0 Å². The third kappa shape index (κ3) is 2.25. The van der Waals surface area contributed by atoms with E-state index in [1.54, 1.807) is 18.4 Å². The zero-order chi connectivity index (χ0) is 15.1. The lowest BCUT2D eigenvalue weighted by atomic mass is 10.1. The number of thiazole rings is 1. The number of methoxy groups -OCH3 is 1. The van der Waals surface area contributed by atoms with E-state index >= 15 is 0 Å². The van der Waals surface area contributed by atoms with Gasteiger partial charge in [-0.1, -0.05) is 17.7 Å². The summed E-state index contributed by atoms with van der Waals surface area (Å²) in [5, 5.41) is 4.35. The van der Waals surface area contributed by atoms with Crippen LogP contribution in [0.2, 0.25) is 0 Å². The summed E-state index contributed by atoms with van der Waals surface area (Å²) in [4.78, 5) is 6.09. The minimum Gasteiger partial charge on any atom is -0.497 e. The number of benzene rings is 2. The van der Waals surface area contributed by atoms with Gasteiger partial charge < -0.3 is 10.1 Å². The summed E-state index contributed by atoms with van der Waals surface area (Å²) in [5.41, 5.74) is 5.97. The van der Waals surface area contributed by atoms with Gasteiger partial charge in [0.1, 0.15) is 5.75 Å². The number of fused-ring (bicyclic) bond motifs is 3. The molecule has 0 amide bonds. The molecule has 0 unspecified atom stereocenters. The Kier molecular flexibility index (Phi) is 3.12. The Morgan fingerprint density at radius 1 is 1.14 bits per heavy atom. The highest BCUT2D eigenvalue weighted by Crippen LogP contribution is 2.42. The smallest absolute Gasteiger partial charge is 0.187 e. The van der Waals surface area contributed by atoms with Crippen molar-refractivity contribution in [1.82, 2.24) is 4.98 Å². The molecule has 0 saturated carbocycles. The first-order valence-corrected chi connectivity index (χ1v) is 8.05. The lowest BCUT2D eigenvalue weighted by Crippen LogP contribution is -1.90. The number of nitrogens with zero attached hydrogens (tertiary/aromatic N) is 1. The first-order chi connectivity index (χ1) is 10.7. The molecular weight excluding hydrogens is 292 g/mol. The van der Waals surface area contributed by atoms with Crippen LogP contribution in [0.5, 0.6) is 5.75 Å². The average Bonchev–Trinajstić information content (AvgIpc) is 3.05. The molecule has 3 nitrogen and oxygen atoms in total. The zero-order valence-corrected chi connectivity index (χ0v) is 13.3. The molecule has 0 fully saturated rings. The van der Waals surface area contributed by atoms with Crippen molar-refractivity contribution in [2.75, 3.05) is 12.4 Å². The van der Waals surface area contributed by atoms with Gasteiger partial charge in [-0.25, -0.2) is 4.98 Å². The molecule has 0 spiro atoms. The lowest BCUT2D eigenvalue weighted by molar-refractivity contribution is 0.414. The van der Waals surface area contributed by atoms with Gasteiger partial charge in [0.15, 0.2) is 5.13 Å². The molecule has 0 aliphatic heterocycles. The fourth-order valence-corrected chi connectivity index (χ4v) is 3.76. The number of hydrogen-bond acceptors (Lipinski definition) is 4. The largest absolute Gasteiger partial charge is 0.497 e. The molecule has 0 radical (unpaired) electrons. The fraction of sp³-hybridized carbons (Fsp3) is 0.167. The lowest BCUT2D eigenvalue weighted by Gasteiger charge is -2.05. The van der Waals surface area contributed by atoms with Crippen LogP contribution in [-0.4, -0.2) is 12.1 Å². The van der Waals surface area contributed by atoms with E-state index in [2.05, 4.69) is 48.6 Å². The van der Waals surface area contributed by atoms with Crippen LogP contribution in [0.15, 0.2) is 42.5 Å². The topological polar surface area (TPSA) is 34.1 Å². The summed E-state index contributed by atoms with van der Waals surface area (Å²) in [6.07, 6.45) is 0.940. The van der Waals surface area contributed by atoms with Crippen LogP contribution in [-0.2, 0) is 6.42 Å². The minimum absolute atomic E-state index is 0.909. The zero-order valence-electron chi connectivity index (χ0n) is 12.5. The predicted molar refractivity (Wildman–Crippen MR) is 91.4 cm³/mol. The third-order valence-electron chi connectivity index (χ3n) is 3.92. The Bertz CT molecular complexity index is 837. The van der Waals surface area contributed by atoms with Gasteiger partial charge in [0.25, 0.3) is 0 Å². The molecule has 1 aliphatic rings. The Morgan fingerprint density at radius 3 is 2.73 bits per heavy atom. The second-order valence-electron chi connectivity index (χ2n) is 5.48. The SMILES string of the molecule is COc1ccc2c(c1)Cc1sc(Nc3ccc(C)cc3)nc1-2. The summed E-state index contributed by atoms with van der Waals surface area (Å²) in [7, 11) is 1.70. The molecule has 4 heteroatoms. The second-order valence-corrected chi connectivity index (χ2v) is 6.57. The highest BCUT2D eigenvalue weighted by molar-refractivity contribution is 7.16. The Hall–Kier alpha value is -2.33. The predicted octanol–water partition coefficient (Wildman–Crippen LogP) is 4.77. The van der Waals surface area contributed by atoms with E-state index < -0.39 is 0 Å². The summed E-state index contributed by atoms with van der Waals surface area (Å²) >= 11 is 1.73. The van der Waals surface area contributed by atoms with Crippen LogP contribution in [0.4, 0.5) is 10.8 Å². The molecule has 22 heavy (non-hydrogen) atoms. The van der Waals surface area contributed by atoms with Crippen molar-refractivity contribution in [2.24, 2.45) is 0 Å². The van der Waals surface area contributed by atoms with Gasteiger partial charge in [0.05, 0.1) is 12.8 Å². The molecule has 1 aromatic heterocycles. The molecule has 1 aliphatic carbocycles. The van der Waals surface area contributed by atoms with Crippen LogP contribution in [0.1, 0.15) is 16.0 Å². The van der Waals surface area contributed by atoms with Crippen LogP contribution < -0.4 is 10.1 Å². The average molecular weight is 308 g/mol. The standard InChI is InChI=1S/C18H16N2OS/c1-11-3-5-13(6-4-11)19-18-20-17-15-8-7-14(21-2)9-12(15)10-16(17)22-18/h3-9H,10H2,1-2H3,(H,19,20). The van der Waals surface area contributed by atoms with Gasteiger partial charge in [0, 0.05) is 22.5 Å². The van der Waals surface area contributed by atoms with Crippen LogP contribution in [0, 0.1) is 6.92 Å². The number of nitrogens with one attached hydrogen (secondary N) is 1. The normalized spacial score (nSPS) is 11.9. The van der Waals surface area contributed by atoms with Crippen LogP contribution >= 0.6 is 11.3 Å². The van der Waals surface area contributed by atoms with Crippen LogP contribution in [0.3, 0.4) is 0 Å². The second kappa shape index (κ2) is 5.14. The number of aromatic nitrogens is 1. The number of anilines is 2. The van der Waals surface area contributed by atoms with E-state index in [9.17, 15) is 0 Å². The van der Waals surface area contributed by atoms with Crippen LogP contribution in [0.25, 0.3) is 11.3 Å². The maximum atomic E-state index is 5.30. The first kappa shape index (κ1) is 13.3. The molecule has 2 aromatic carbocycles. The Labute approximate surface area is 133 Å². The first-order valence-electron chi connectivity index (χ1n) is 7.23. The van der Waals surface area contributed by atoms with E-state index in [4.69, 9.17) is 9.72 Å². The molecule has 0 atom stereocenters. The van der Waals surface area contributed by atoms with Gasteiger partial charge in [0.2, 0.25) is 0 Å². The molecule has 0 saturated heterocycles. The maximum Gasteiger partial charge on any atom is 0.187 e. The molecule has 110 valence electrons. The minimum atomic E-state index is 0.909. The van der Waals surface area contributed by atoms with Gasteiger partial charge in [-0.3, -0.25) is 0 Å². The molecule has 3 aromatic rings. The van der Waals surface area contributed by atoms with E-state index in [0.717, 1.165) is 28.7 Å². The van der Waals surface area contributed by atoms with Gasteiger partial charge in [-0.05, 0) is 42.8 Å². The van der Waals surface area contributed by atoms with E-state index in [-0.39, 0.29) is 0 Å². The molecule has 0 bridgehead atoms. The summed E-state index contributed by atoms with van der Waals surface area (Å²) in [5.74, 6) is 0.909. The number of aryl methyl sites for hydroxylation is 1. The maximum absolute atomic E-state index is 5.30. The molecular formula is C18H16N2OS. The molecule has 1 N–H and O–H groups in total.